The molecule has 0 amide bonds. The molecule has 0 fully saturated rings. The summed E-state index contributed by atoms with van der Waals surface area (Å²) in [5.74, 6) is -0.524. The molecule has 4 heteroatoms. The molecule has 2 atom stereocenters. The van der Waals surface area contributed by atoms with Crippen molar-refractivity contribution in [2.75, 3.05) is 0 Å². The molecular formula is C6H11NO3. The van der Waals surface area contributed by atoms with Crippen LogP contribution in [0.5, 0.6) is 0 Å². The second-order valence-electron chi connectivity index (χ2n) is 1.93. The molecular weight excluding hydrogens is 134 g/mol. The predicted molar refractivity (Wildman–Crippen MR) is 36.0 cm³/mol. The maximum atomic E-state index is 10.5. The van der Waals surface area contributed by atoms with Crippen molar-refractivity contribution in [1.29, 1.82) is 0 Å². The lowest BCUT2D eigenvalue weighted by molar-refractivity contribution is -0.123. The van der Waals surface area contributed by atoms with E-state index < -0.39 is 18.1 Å². The van der Waals surface area contributed by atoms with Crippen molar-refractivity contribution in [2.24, 2.45) is 5.73 Å². The van der Waals surface area contributed by atoms with Gasteiger partial charge in [0.15, 0.2) is 5.78 Å². The van der Waals surface area contributed by atoms with Crippen molar-refractivity contribution < 1.29 is 15.0 Å². The van der Waals surface area contributed by atoms with Gasteiger partial charge in [0.25, 0.3) is 0 Å². The first kappa shape index (κ1) is 9.29. The molecule has 0 bridgehead atoms. The highest BCUT2D eigenvalue weighted by Crippen LogP contribution is 1.95. The Balaban J connectivity index is 3.72. The van der Waals surface area contributed by atoms with Crippen LogP contribution in [0.2, 0.25) is 0 Å². The highest BCUT2D eigenvalue weighted by Gasteiger charge is 2.13. The van der Waals surface area contributed by atoms with E-state index in [1.54, 1.807) is 0 Å². The van der Waals surface area contributed by atoms with Crippen molar-refractivity contribution in [1.82, 2.24) is 0 Å². The molecule has 58 valence electrons. The second kappa shape index (κ2) is 4.16. The smallest absolute Gasteiger partial charge is 0.183 e. The quantitative estimate of drug-likeness (QED) is 0.341. The highest BCUT2D eigenvalue weighted by molar-refractivity contribution is 5.92. The Bertz CT molecular complexity index is 133. The van der Waals surface area contributed by atoms with E-state index in [-0.39, 0.29) is 6.42 Å². The molecule has 0 rings (SSSR count). The fourth-order valence-corrected chi connectivity index (χ4v) is 0.481. The van der Waals surface area contributed by atoms with Gasteiger partial charge >= 0.3 is 0 Å². The van der Waals surface area contributed by atoms with E-state index in [9.17, 15) is 4.79 Å². The average molecular weight is 145 g/mol. The van der Waals surface area contributed by atoms with Gasteiger partial charge in [-0.3, -0.25) is 4.79 Å². The third kappa shape index (κ3) is 3.34. The van der Waals surface area contributed by atoms with Crippen molar-refractivity contribution in [3.05, 3.63) is 12.7 Å². The van der Waals surface area contributed by atoms with Crippen molar-refractivity contribution >= 4 is 5.78 Å². The molecule has 2 unspecified atom stereocenters. The number of carbonyl (C=O) groups is 1. The van der Waals surface area contributed by atoms with Crippen LogP contribution in [-0.2, 0) is 4.79 Å². The summed E-state index contributed by atoms with van der Waals surface area (Å²) in [4.78, 5) is 10.5. The van der Waals surface area contributed by atoms with Gasteiger partial charge in [0.05, 0.1) is 0 Å². The molecule has 0 saturated heterocycles. The Kier molecular flexibility index (Phi) is 3.87. The van der Waals surface area contributed by atoms with E-state index >= 15 is 0 Å². The molecule has 0 aliphatic carbocycles. The number of aliphatic hydroxyl groups excluding tert-OH is 2. The lowest BCUT2D eigenvalue weighted by atomic mass is 10.1. The zero-order chi connectivity index (χ0) is 8.15. The van der Waals surface area contributed by atoms with Crippen molar-refractivity contribution in [2.45, 2.75) is 18.8 Å². The maximum Gasteiger partial charge on any atom is 0.183 e. The van der Waals surface area contributed by atoms with Crippen LogP contribution in [-0.4, -0.2) is 28.3 Å². The van der Waals surface area contributed by atoms with Gasteiger partial charge in [0, 0.05) is 6.42 Å². The number of carbonyl (C=O) groups excluding carboxylic acids is 1. The van der Waals surface area contributed by atoms with Gasteiger partial charge in [-0.15, -0.1) is 0 Å². The van der Waals surface area contributed by atoms with Gasteiger partial charge in [-0.2, -0.15) is 0 Å². The molecule has 0 aliphatic rings. The van der Waals surface area contributed by atoms with Crippen molar-refractivity contribution in [3.8, 4) is 0 Å². The summed E-state index contributed by atoms with van der Waals surface area (Å²) in [5, 5.41) is 17.3. The molecule has 0 aromatic heterocycles. The molecule has 4 nitrogen and oxygen atoms in total. The van der Waals surface area contributed by atoms with Crippen LogP contribution in [0.15, 0.2) is 12.7 Å². The number of aliphatic hydroxyl groups is 2. The SMILES string of the molecule is C=CC(=O)C(O)CC(N)O. The summed E-state index contributed by atoms with van der Waals surface area (Å²) in [7, 11) is 0. The topological polar surface area (TPSA) is 83.5 Å². The largest absolute Gasteiger partial charge is 0.385 e. The second-order valence-corrected chi connectivity index (χ2v) is 1.93. The summed E-state index contributed by atoms with van der Waals surface area (Å²) in [6, 6.07) is 0. The van der Waals surface area contributed by atoms with E-state index in [1.165, 1.54) is 0 Å². The van der Waals surface area contributed by atoms with E-state index in [0.717, 1.165) is 6.08 Å². The third-order valence-electron chi connectivity index (χ3n) is 0.994. The Labute approximate surface area is 59.0 Å². The number of hydrogen-bond acceptors (Lipinski definition) is 4. The zero-order valence-electron chi connectivity index (χ0n) is 5.53. The lowest BCUT2D eigenvalue weighted by Gasteiger charge is -2.07. The molecule has 0 radical (unpaired) electrons. The summed E-state index contributed by atoms with van der Waals surface area (Å²) >= 11 is 0. The van der Waals surface area contributed by atoms with E-state index in [4.69, 9.17) is 15.9 Å². The maximum absolute atomic E-state index is 10.5. The summed E-state index contributed by atoms with van der Waals surface area (Å²) in [6.07, 6.45) is -1.53. The van der Waals surface area contributed by atoms with E-state index in [1.807, 2.05) is 0 Å². The third-order valence-corrected chi connectivity index (χ3v) is 0.994. The normalized spacial score (nSPS) is 15.9. The molecule has 0 spiro atoms. The molecule has 0 aliphatic heterocycles. The first-order valence-corrected chi connectivity index (χ1v) is 2.86. The molecule has 10 heavy (non-hydrogen) atoms. The summed E-state index contributed by atoms with van der Waals surface area (Å²) < 4.78 is 0. The van der Waals surface area contributed by atoms with Crippen LogP contribution < -0.4 is 5.73 Å². The van der Waals surface area contributed by atoms with Crippen LogP contribution in [0, 0.1) is 0 Å². The molecule has 0 aromatic rings. The van der Waals surface area contributed by atoms with Gasteiger partial charge in [-0.1, -0.05) is 6.58 Å². The van der Waals surface area contributed by atoms with Crippen molar-refractivity contribution in [3.63, 3.8) is 0 Å². The predicted octanol–water partition coefficient (Wildman–Crippen LogP) is -1.23. The van der Waals surface area contributed by atoms with Gasteiger partial charge in [0.1, 0.15) is 12.3 Å². The molecule has 0 saturated carbocycles. The Morgan fingerprint density at radius 3 is 2.50 bits per heavy atom. The Morgan fingerprint density at radius 1 is 1.70 bits per heavy atom. The fourth-order valence-electron chi connectivity index (χ4n) is 0.481. The monoisotopic (exact) mass is 145 g/mol. The van der Waals surface area contributed by atoms with E-state index in [0.29, 0.717) is 0 Å². The number of nitrogens with two attached hydrogens (primary N) is 1. The van der Waals surface area contributed by atoms with Gasteiger partial charge in [-0.05, 0) is 6.08 Å². The van der Waals surface area contributed by atoms with Gasteiger partial charge in [0.2, 0.25) is 0 Å². The van der Waals surface area contributed by atoms with Crippen LogP contribution in [0.3, 0.4) is 0 Å². The molecule has 0 aromatic carbocycles. The van der Waals surface area contributed by atoms with Crippen LogP contribution >= 0.6 is 0 Å². The summed E-state index contributed by atoms with van der Waals surface area (Å²) in [5.41, 5.74) is 4.89. The summed E-state index contributed by atoms with van der Waals surface area (Å²) in [6.45, 7) is 3.16. The minimum absolute atomic E-state index is 0.148. The van der Waals surface area contributed by atoms with E-state index in [2.05, 4.69) is 6.58 Å². The standard InChI is InChI=1S/C6H11NO3/c1-2-4(8)5(9)3-6(7)10/h2,5-6,9-10H,1,3,7H2. The van der Waals surface area contributed by atoms with Gasteiger partial charge < -0.3 is 15.9 Å². The van der Waals surface area contributed by atoms with Gasteiger partial charge in [-0.25, -0.2) is 0 Å². The molecule has 4 N–H and O–H groups in total. The highest BCUT2D eigenvalue weighted by atomic mass is 16.3. The number of hydrogen-bond donors (Lipinski definition) is 3. The average Bonchev–Trinajstić information content (AvgIpc) is 1.85. The van der Waals surface area contributed by atoms with Crippen LogP contribution in [0.4, 0.5) is 0 Å². The van der Waals surface area contributed by atoms with Crippen LogP contribution in [0.1, 0.15) is 6.42 Å². The first-order valence-electron chi connectivity index (χ1n) is 2.86. The minimum Gasteiger partial charge on any atom is -0.385 e. The minimum atomic E-state index is -1.22. The zero-order valence-corrected chi connectivity index (χ0v) is 5.53. The first-order chi connectivity index (χ1) is 4.57. The molecule has 0 heterocycles. The Hall–Kier alpha value is -0.710. The Morgan fingerprint density at radius 2 is 2.20 bits per heavy atom. The lowest BCUT2D eigenvalue weighted by Crippen LogP contribution is -2.29. The van der Waals surface area contributed by atoms with Crippen LogP contribution in [0.25, 0.3) is 0 Å². The number of ketones is 1. The number of rotatable bonds is 4. The fraction of sp³-hybridized carbons (Fsp3) is 0.500.